The fourth-order valence-electron chi connectivity index (χ4n) is 4.28. The van der Waals surface area contributed by atoms with E-state index in [1.807, 2.05) is 50.2 Å². The van der Waals surface area contributed by atoms with E-state index < -0.39 is 4.92 Å². The van der Waals surface area contributed by atoms with Crippen molar-refractivity contribution in [2.45, 2.75) is 44.7 Å². The lowest BCUT2D eigenvalue weighted by molar-refractivity contribution is -0.384. The van der Waals surface area contributed by atoms with Gasteiger partial charge in [-0.3, -0.25) is 10.1 Å². The van der Waals surface area contributed by atoms with Crippen molar-refractivity contribution >= 4 is 51.4 Å². The summed E-state index contributed by atoms with van der Waals surface area (Å²) in [5.74, 6) is 1.56. The Hall–Kier alpha value is -3.53. The molecule has 1 fully saturated rings. The number of hydrogen-bond acceptors (Lipinski definition) is 7. The van der Waals surface area contributed by atoms with Crippen molar-refractivity contribution < 1.29 is 4.92 Å². The number of nitrogens with one attached hydrogen (secondary N) is 3. The highest BCUT2D eigenvalue weighted by atomic mass is 32.1. The number of nitro benzene ring substituents is 1. The van der Waals surface area contributed by atoms with Gasteiger partial charge in [-0.2, -0.15) is 4.98 Å². The zero-order valence-corrected chi connectivity index (χ0v) is 20.4. The van der Waals surface area contributed by atoms with Crippen LogP contribution in [0.1, 0.15) is 31.2 Å². The number of nitrogens with zero attached hydrogens (tertiary/aromatic N) is 4. The van der Waals surface area contributed by atoms with Gasteiger partial charge in [-0.25, -0.2) is 4.98 Å². The predicted octanol–water partition coefficient (Wildman–Crippen LogP) is 4.62. The van der Waals surface area contributed by atoms with E-state index in [-0.39, 0.29) is 11.7 Å². The van der Waals surface area contributed by atoms with Crippen molar-refractivity contribution in [1.82, 2.24) is 15.3 Å². The van der Waals surface area contributed by atoms with Crippen LogP contribution in [0.4, 0.5) is 23.1 Å². The third kappa shape index (κ3) is 5.51. The molecule has 1 aromatic heterocycles. The van der Waals surface area contributed by atoms with Gasteiger partial charge in [-0.1, -0.05) is 12.1 Å². The lowest BCUT2D eigenvalue weighted by atomic mass is 9.91. The number of aromatic nitrogens is 2. The van der Waals surface area contributed by atoms with E-state index in [4.69, 9.17) is 22.2 Å². The summed E-state index contributed by atoms with van der Waals surface area (Å²) in [5.41, 5.74) is 2.54. The molecule has 0 spiro atoms. The van der Waals surface area contributed by atoms with Crippen LogP contribution in [0.25, 0.3) is 10.9 Å². The maximum absolute atomic E-state index is 10.9. The lowest BCUT2D eigenvalue weighted by Gasteiger charge is -2.30. The van der Waals surface area contributed by atoms with Crippen molar-refractivity contribution in [2.24, 2.45) is 0 Å². The quantitative estimate of drug-likeness (QED) is 0.265. The summed E-state index contributed by atoms with van der Waals surface area (Å²) in [6.45, 7) is 1.82. The van der Waals surface area contributed by atoms with Gasteiger partial charge in [0.2, 0.25) is 5.95 Å². The topological polar surface area (TPSA) is 108 Å². The SMILES string of the molecule is Cc1cc([N+](=O)[O-])ccc1NC(=S)NC1CCC(Nc2nc(N(C)C)c3ccccc3n2)CC1. The third-order valence-electron chi connectivity index (χ3n) is 6.07. The smallest absolute Gasteiger partial charge is 0.269 e. The molecule has 3 N–H and O–H groups in total. The molecule has 0 bridgehead atoms. The van der Waals surface area contributed by atoms with Crippen molar-refractivity contribution in [1.29, 1.82) is 0 Å². The fraction of sp³-hybridized carbons (Fsp3) is 0.375. The molecule has 1 heterocycles. The average Bonchev–Trinajstić information content (AvgIpc) is 2.81. The molecule has 1 aliphatic rings. The Labute approximate surface area is 204 Å². The summed E-state index contributed by atoms with van der Waals surface area (Å²) in [7, 11) is 3.98. The highest BCUT2D eigenvalue weighted by molar-refractivity contribution is 7.80. The second-order valence-electron chi connectivity index (χ2n) is 8.83. The molecule has 34 heavy (non-hydrogen) atoms. The molecule has 178 valence electrons. The van der Waals surface area contributed by atoms with Gasteiger partial charge in [0, 0.05) is 49.4 Å². The Morgan fingerprint density at radius 2 is 1.79 bits per heavy atom. The van der Waals surface area contributed by atoms with Gasteiger partial charge in [0.05, 0.1) is 10.4 Å². The molecule has 10 heteroatoms. The van der Waals surface area contributed by atoms with E-state index in [0.29, 0.717) is 17.1 Å². The molecule has 1 aliphatic carbocycles. The van der Waals surface area contributed by atoms with Crippen LogP contribution in [0.2, 0.25) is 0 Å². The zero-order chi connectivity index (χ0) is 24.2. The molecule has 0 saturated heterocycles. The van der Waals surface area contributed by atoms with Crippen LogP contribution in [0, 0.1) is 17.0 Å². The van der Waals surface area contributed by atoms with E-state index in [1.54, 1.807) is 12.1 Å². The maximum Gasteiger partial charge on any atom is 0.269 e. The molecule has 0 aliphatic heterocycles. The summed E-state index contributed by atoms with van der Waals surface area (Å²) in [6.07, 6.45) is 3.88. The Balaban J connectivity index is 1.32. The summed E-state index contributed by atoms with van der Waals surface area (Å²) >= 11 is 5.48. The fourth-order valence-corrected chi connectivity index (χ4v) is 4.55. The molecule has 1 saturated carbocycles. The van der Waals surface area contributed by atoms with Crippen molar-refractivity contribution in [2.75, 3.05) is 29.6 Å². The number of rotatable bonds is 6. The van der Waals surface area contributed by atoms with Crippen molar-refractivity contribution in [3.63, 3.8) is 0 Å². The van der Waals surface area contributed by atoms with Crippen LogP contribution in [0.15, 0.2) is 42.5 Å². The number of nitro groups is 1. The number of fused-ring (bicyclic) bond motifs is 1. The third-order valence-corrected chi connectivity index (χ3v) is 6.29. The summed E-state index contributed by atoms with van der Waals surface area (Å²) < 4.78 is 0. The molecular weight excluding hydrogens is 450 g/mol. The van der Waals surface area contributed by atoms with Gasteiger partial charge in [-0.05, 0) is 68.6 Å². The normalized spacial score (nSPS) is 17.7. The van der Waals surface area contributed by atoms with Crippen LogP contribution in [0.5, 0.6) is 0 Å². The number of thiocarbonyl (C=S) groups is 1. The zero-order valence-electron chi connectivity index (χ0n) is 19.5. The van der Waals surface area contributed by atoms with Gasteiger partial charge in [0.15, 0.2) is 5.11 Å². The molecule has 4 rings (SSSR count). The number of anilines is 3. The largest absolute Gasteiger partial charge is 0.362 e. The van der Waals surface area contributed by atoms with Crippen molar-refractivity contribution in [3.05, 3.63) is 58.1 Å². The summed E-state index contributed by atoms with van der Waals surface area (Å²) in [6, 6.07) is 13.3. The minimum Gasteiger partial charge on any atom is -0.362 e. The first-order valence-electron chi connectivity index (χ1n) is 11.3. The van der Waals surface area contributed by atoms with E-state index in [0.717, 1.165) is 53.7 Å². The minimum absolute atomic E-state index is 0.0702. The number of non-ortho nitro benzene ring substituents is 1. The minimum atomic E-state index is -0.399. The molecule has 2 aromatic carbocycles. The van der Waals surface area contributed by atoms with Gasteiger partial charge in [-0.15, -0.1) is 0 Å². The van der Waals surface area contributed by atoms with Gasteiger partial charge in [0.25, 0.3) is 5.69 Å². The van der Waals surface area contributed by atoms with Crippen LogP contribution in [-0.2, 0) is 0 Å². The lowest BCUT2D eigenvalue weighted by Crippen LogP contribution is -2.42. The van der Waals surface area contributed by atoms with Crippen LogP contribution in [-0.4, -0.2) is 46.2 Å². The molecule has 0 amide bonds. The highest BCUT2D eigenvalue weighted by Gasteiger charge is 2.23. The van der Waals surface area contributed by atoms with Gasteiger partial charge < -0.3 is 20.9 Å². The number of hydrogen-bond donors (Lipinski definition) is 3. The summed E-state index contributed by atoms with van der Waals surface area (Å²) in [5, 5.41) is 22.6. The number of benzene rings is 2. The second kappa shape index (κ2) is 10.2. The first-order chi connectivity index (χ1) is 16.3. The number of aryl methyl sites for hydroxylation is 1. The molecule has 3 aromatic rings. The predicted molar refractivity (Wildman–Crippen MR) is 141 cm³/mol. The standard InChI is InChI=1S/C24H29N7O2S/c1-15-14-18(31(32)33)12-13-20(15)28-24(34)26-17-10-8-16(9-11-17)25-23-27-21-7-5-4-6-19(21)22(29-23)30(2)3/h4-7,12-14,16-17H,8-11H2,1-3H3,(H,25,27,29)(H2,26,28,34). The van der Waals surface area contributed by atoms with E-state index in [2.05, 4.69) is 16.0 Å². The van der Waals surface area contributed by atoms with Crippen LogP contribution in [0.3, 0.4) is 0 Å². The van der Waals surface area contributed by atoms with Crippen LogP contribution >= 0.6 is 12.2 Å². The first kappa shape index (κ1) is 23.6. The monoisotopic (exact) mass is 479 g/mol. The molecule has 0 radical (unpaired) electrons. The van der Waals surface area contributed by atoms with Gasteiger partial charge >= 0.3 is 0 Å². The molecule has 0 unspecified atom stereocenters. The van der Waals surface area contributed by atoms with E-state index >= 15 is 0 Å². The Kier molecular flexibility index (Phi) is 7.06. The first-order valence-corrected chi connectivity index (χ1v) is 11.7. The Bertz CT molecular complexity index is 1210. The van der Waals surface area contributed by atoms with Gasteiger partial charge in [0.1, 0.15) is 5.82 Å². The number of para-hydroxylation sites is 1. The van der Waals surface area contributed by atoms with Crippen LogP contribution < -0.4 is 20.9 Å². The van der Waals surface area contributed by atoms with Crippen molar-refractivity contribution in [3.8, 4) is 0 Å². The second-order valence-corrected chi connectivity index (χ2v) is 9.24. The van der Waals surface area contributed by atoms with E-state index in [1.165, 1.54) is 6.07 Å². The Morgan fingerprint density at radius 1 is 1.09 bits per heavy atom. The molecular formula is C24H29N7O2S. The molecule has 0 atom stereocenters. The Morgan fingerprint density at radius 3 is 2.47 bits per heavy atom. The maximum atomic E-state index is 10.9. The average molecular weight is 480 g/mol. The van der Waals surface area contributed by atoms with E-state index in [9.17, 15) is 10.1 Å². The highest BCUT2D eigenvalue weighted by Crippen LogP contribution is 2.27. The molecule has 9 nitrogen and oxygen atoms in total. The summed E-state index contributed by atoms with van der Waals surface area (Å²) in [4.78, 5) is 22.0.